The molecule has 1 aliphatic rings. The highest BCUT2D eigenvalue weighted by atomic mass is 32.2. The van der Waals surface area contributed by atoms with Crippen molar-refractivity contribution in [2.45, 2.75) is 35.3 Å². The van der Waals surface area contributed by atoms with Crippen molar-refractivity contribution in [1.29, 1.82) is 0 Å². The second-order valence-corrected chi connectivity index (χ2v) is 9.94. The normalized spacial score (nSPS) is 16.2. The molecule has 1 saturated heterocycles. The Hall–Kier alpha value is -3.03. The van der Waals surface area contributed by atoms with Crippen molar-refractivity contribution in [1.82, 2.24) is 0 Å². The number of benzene rings is 3. The van der Waals surface area contributed by atoms with Crippen molar-refractivity contribution in [3.8, 4) is 5.75 Å². The highest BCUT2D eigenvalue weighted by Gasteiger charge is 2.45. The van der Waals surface area contributed by atoms with Gasteiger partial charge in [-0.1, -0.05) is 36.4 Å². The molecule has 2 N–H and O–H groups in total. The third kappa shape index (κ3) is 5.15. The van der Waals surface area contributed by atoms with Crippen LogP contribution in [0.5, 0.6) is 5.75 Å². The lowest BCUT2D eigenvalue weighted by Crippen LogP contribution is -2.51. The first-order valence-corrected chi connectivity index (χ1v) is 12.2. The molecule has 4 rings (SSSR count). The number of hydrogen-bond donors (Lipinski definition) is 1. The molecule has 0 bridgehead atoms. The Kier molecular flexibility index (Phi) is 7.20. The van der Waals surface area contributed by atoms with Gasteiger partial charge in [-0.2, -0.15) is 0 Å². The molecule has 0 aliphatic carbocycles. The van der Waals surface area contributed by atoms with Crippen LogP contribution in [0.25, 0.3) is 10.8 Å². The Labute approximate surface area is 195 Å². The van der Waals surface area contributed by atoms with Crippen LogP contribution < -0.4 is 10.5 Å². The Morgan fingerprint density at radius 2 is 1.67 bits per heavy atom. The fourth-order valence-electron chi connectivity index (χ4n) is 4.04. The third-order valence-electron chi connectivity index (χ3n) is 6.03. The van der Waals surface area contributed by atoms with E-state index in [0.29, 0.717) is 61.7 Å². The van der Waals surface area contributed by atoms with Gasteiger partial charge in [-0.25, -0.2) is 0 Å². The minimum Gasteiger partial charge on any atom is -0.494 e. The predicted octanol–water partition coefficient (Wildman–Crippen LogP) is 4.02. The zero-order valence-corrected chi connectivity index (χ0v) is 19.1. The van der Waals surface area contributed by atoms with E-state index in [1.807, 2.05) is 42.5 Å². The number of hydrogen-bond acceptors (Lipinski definition) is 5. The van der Waals surface area contributed by atoms with Crippen LogP contribution in [0.2, 0.25) is 0 Å². The lowest BCUT2D eigenvalue weighted by Gasteiger charge is -2.33. The van der Waals surface area contributed by atoms with Crippen LogP contribution in [0.15, 0.2) is 71.6 Å². The van der Waals surface area contributed by atoms with Gasteiger partial charge < -0.3 is 15.2 Å². The summed E-state index contributed by atoms with van der Waals surface area (Å²) < 4.78 is 23.1. The predicted molar refractivity (Wildman–Crippen MR) is 128 cm³/mol. The second kappa shape index (κ2) is 10.3. The SMILES string of the molecule is NC(=O)C1(S(=O)c2ccc(OCCCC(=O)c3ccc4ccccc4c3)cc2)CCOCC1. The highest BCUT2D eigenvalue weighted by Crippen LogP contribution is 2.32. The summed E-state index contributed by atoms with van der Waals surface area (Å²) in [5.74, 6) is 0.151. The van der Waals surface area contributed by atoms with E-state index in [2.05, 4.69) is 0 Å². The Morgan fingerprint density at radius 1 is 0.970 bits per heavy atom. The summed E-state index contributed by atoms with van der Waals surface area (Å²) in [6, 6.07) is 20.6. The molecule has 3 aromatic rings. The van der Waals surface area contributed by atoms with Crippen LogP contribution in [0.3, 0.4) is 0 Å². The number of ketones is 1. The second-order valence-electron chi connectivity index (χ2n) is 8.15. The van der Waals surface area contributed by atoms with Crippen molar-refractivity contribution >= 4 is 33.3 Å². The zero-order chi connectivity index (χ0) is 23.3. The number of carbonyl (C=O) groups is 2. The van der Waals surface area contributed by atoms with Crippen LogP contribution in [-0.2, 0) is 20.3 Å². The molecule has 7 heteroatoms. The van der Waals surface area contributed by atoms with Crippen molar-refractivity contribution in [3.05, 3.63) is 72.3 Å². The molecular weight excluding hydrogens is 438 g/mol. The number of carbonyl (C=O) groups excluding carboxylic acids is 2. The number of fused-ring (bicyclic) bond motifs is 1. The minimum absolute atomic E-state index is 0.0864. The molecule has 3 aromatic carbocycles. The standard InChI is InChI=1S/C26H27NO5S/c27-25(29)26(13-16-31-17-14-26)33(30)23-11-9-22(10-12-23)32-15-3-6-24(28)21-8-7-19-4-1-2-5-20(19)18-21/h1-2,4-5,7-12,18H,3,6,13-17H2,(H2,27,29). The maximum absolute atomic E-state index is 13.1. The van der Waals surface area contributed by atoms with E-state index in [1.54, 1.807) is 24.3 Å². The molecule has 1 unspecified atom stereocenters. The van der Waals surface area contributed by atoms with Gasteiger partial charge in [0.1, 0.15) is 10.5 Å². The molecule has 0 spiro atoms. The quantitative estimate of drug-likeness (QED) is 0.380. The molecule has 1 atom stereocenters. The third-order valence-corrected chi connectivity index (χ3v) is 8.05. The van der Waals surface area contributed by atoms with Crippen LogP contribution in [0.4, 0.5) is 0 Å². The van der Waals surface area contributed by atoms with E-state index < -0.39 is 21.5 Å². The van der Waals surface area contributed by atoms with Crippen molar-refractivity contribution < 1.29 is 23.3 Å². The summed E-state index contributed by atoms with van der Waals surface area (Å²) in [6.07, 6.45) is 1.67. The van der Waals surface area contributed by atoms with Gasteiger partial charge in [0, 0.05) is 30.1 Å². The summed E-state index contributed by atoms with van der Waals surface area (Å²) in [5, 5.41) is 2.16. The monoisotopic (exact) mass is 465 g/mol. The molecule has 1 aliphatic heterocycles. The van der Waals surface area contributed by atoms with Gasteiger partial charge in [-0.05, 0) is 60.4 Å². The van der Waals surface area contributed by atoms with Gasteiger partial charge in [-0.15, -0.1) is 0 Å². The summed E-state index contributed by atoms with van der Waals surface area (Å²) in [5.41, 5.74) is 6.31. The van der Waals surface area contributed by atoms with Crippen LogP contribution in [-0.4, -0.2) is 40.5 Å². The number of nitrogens with two attached hydrogens (primary N) is 1. The molecule has 33 heavy (non-hydrogen) atoms. The molecule has 0 radical (unpaired) electrons. The van der Waals surface area contributed by atoms with E-state index in [1.165, 1.54) is 0 Å². The van der Waals surface area contributed by atoms with E-state index >= 15 is 0 Å². The smallest absolute Gasteiger partial charge is 0.236 e. The molecule has 0 saturated carbocycles. The summed E-state index contributed by atoms with van der Waals surface area (Å²) >= 11 is 0. The van der Waals surface area contributed by atoms with Crippen molar-refractivity contribution in [2.75, 3.05) is 19.8 Å². The van der Waals surface area contributed by atoms with Crippen molar-refractivity contribution in [2.24, 2.45) is 5.73 Å². The molecular formula is C26H27NO5S. The highest BCUT2D eigenvalue weighted by molar-refractivity contribution is 7.87. The Morgan fingerprint density at radius 3 is 2.36 bits per heavy atom. The fraction of sp³-hybridized carbons (Fsp3) is 0.308. The summed E-state index contributed by atoms with van der Waals surface area (Å²) in [7, 11) is -1.57. The number of ether oxygens (including phenoxy) is 2. The van der Waals surface area contributed by atoms with Crippen LogP contribution in [0.1, 0.15) is 36.0 Å². The van der Waals surface area contributed by atoms with Gasteiger partial charge in [0.2, 0.25) is 5.91 Å². The van der Waals surface area contributed by atoms with E-state index in [9.17, 15) is 13.8 Å². The first-order chi connectivity index (χ1) is 16.0. The molecule has 6 nitrogen and oxygen atoms in total. The number of Topliss-reactive ketones (excluding diaryl/α,β-unsaturated/α-hetero) is 1. The Bertz CT molecular complexity index is 1170. The molecule has 0 aromatic heterocycles. The average Bonchev–Trinajstić information content (AvgIpc) is 2.86. The molecule has 1 heterocycles. The number of amides is 1. The average molecular weight is 466 g/mol. The van der Waals surface area contributed by atoms with E-state index in [0.717, 1.165) is 10.8 Å². The summed E-state index contributed by atoms with van der Waals surface area (Å²) in [6.45, 7) is 1.13. The maximum Gasteiger partial charge on any atom is 0.236 e. The van der Waals surface area contributed by atoms with Gasteiger partial charge in [-0.3, -0.25) is 13.8 Å². The van der Waals surface area contributed by atoms with E-state index in [-0.39, 0.29) is 5.78 Å². The van der Waals surface area contributed by atoms with Crippen LogP contribution in [0, 0.1) is 0 Å². The lowest BCUT2D eigenvalue weighted by molar-refractivity contribution is -0.122. The van der Waals surface area contributed by atoms with Crippen LogP contribution >= 0.6 is 0 Å². The first-order valence-electron chi connectivity index (χ1n) is 11.0. The molecule has 1 amide bonds. The first kappa shape index (κ1) is 23.1. The lowest BCUT2D eigenvalue weighted by atomic mass is 9.98. The molecule has 1 fully saturated rings. The zero-order valence-electron chi connectivity index (χ0n) is 18.3. The number of rotatable bonds is 9. The summed E-state index contributed by atoms with van der Waals surface area (Å²) in [4.78, 5) is 25.1. The fourth-order valence-corrected chi connectivity index (χ4v) is 5.59. The van der Waals surface area contributed by atoms with Crippen molar-refractivity contribution in [3.63, 3.8) is 0 Å². The van der Waals surface area contributed by atoms with Gasteiger partial charge in [0.15, 0.2) is 5.78 Å². The van der Waals surface area contributed by atoms with Gasteiger partial charge in [0.05, 0.1) is 17.4 Å². The maximum atomic E-state index is 13.1. The topological polar surface area (TPSA) is 95.7 Å². The largest absolute Gasteiger partial charge is 0.494 e. The number of primary amides is 1. The minimum atomic E-state index is -1.57. The Balaban J connectivity index is 1.30. The van der Waals surface area contributed by atoms with Gasteiger partial charge in [0.25, 0.3) is 0 Å². The van der Waals surface area contributed by atoms with Gasteiger partial charge >= 0.3 is 0 Å². The molecule has 172 valence electrons. The van der Waals surface area contributed by atoms with E-state index in [4.69, 9.17) is 15.2 Å².